The number of hydrogen-bond acceptors (Lipinski definition) is 4. The standard InChI is InChI=1S/C15H25NO3/c1-10-8-16-13(11(2)14(10)18-6)7-12(17)9-19-15(3,4)5/h8,12,17H,7,9H2,1-6H3. The Bertz CT molecular complexity index is 424. The first kappa shape index (κ1) is 15.9. The van der Waals surface area contributed by atoms with Gasteiger partial charge in [-0.1, -0.05) is 0 Å². The Balaban J connectivity index is 2.72. The Morgan fingerprint density at radius 1 is 1.32 bits per heavy atom. The summed E-state index contributed by atoms with van der Waals surface area (Å²) in [6.07, 6.45) is 1.69. The lowest BCUT2D eigenvalue weighted by Crippen LogP contribution is -2.27. The highest BCUT2D eigenvalue weighted by Crippen LogP contribution is 2.24. The fourth-order valence-electron chi connectivity index (χ4n) is 1.91. The quantitative estimate of drug-likeness (QED) is 0.890. The van der Waals surface area contributed by atoms with Crippen molar-refractivity contribution >= 4 is 0 Å². The van der Waals surface area contributed by atoms with Gasteiger partial charge in [-0.2, -0.15) is 0 Å². The Hall–Kier alpha value is -1.13. The van der Waals surface area contributed by atoms with Crippen LogP contribution in [0.3, 0.4) is 0 Å². The average Bonchev–Trinajstić information content (AvgIpc) is 2.30. The van der Waals surface area contributed by atoms with E-state index in [1.165, 1.54) is 0 Å². The van der Waals surface area contributed by atoms with Gasteiger partial charge in [0.2, 0.25) is 0 Å². The van der Waals surface area contributed by atoms with E-state index in [9.17, 15) is 5.11 Å². The molecule has 4 heteroatoms. The maximum atomic E-state index is 10.0. The summed E-state index contributed by atoms with van der Waals surface area (Å²) >= 11 is 0. The molecule has 1 aromatic heterocycles. The number of aromatic nitrogens is 1. The number of ether oxygens (including phenoxy) is 2. The minimum Gasteiger partial charge on any atom is -0.496 e. The second-order valence-electron chi connectivity index (χ2n) is 5.83. The molecule has 1 aromatic rings. The van der Waals surface area contributed by atoms with Crippen LogP contribution in [0.1, 0.15) is 37.6 Å². The molecule has 4 nitrogen and oxygen atoms in total. The lowest BCUT2D eigenvalue weighted by Gasteiger charge is -2.22. The summed E-state index contributed by atoms with van der Waals surface area (Å²) in [5, 5.41) is 10.0. The lowest BCUT2D eigenvalue weighted by molar-refractivity contribution is -0.0484. The van der Waals surface area contributed by atoms with Crippen LogP contribution in [0.2, 0.25) is 0 Å². The molecule has 0 bridgehead atoms. The normalized spacial score (nSPS) is 13.4. The molecular formula is C15H25NO3. The molecule has 0 fully saturated rings. The number of aliphatic hydroxyl groups is 1. The minimum absolute atomic E-state index is 0.242. The van der Waals surface area contributed by atoms with E-state index in [1.807, 2.05) is 34.6 Å². The predicted molar refractivity (Wildman–Crippen MR) is 75.7 cm³/mol. The first-order chi connectivity index (χ1) is 8.74. The van der Waals surface area contributed by atoms with Crippen molar-refractivity contribution in [2.75, 3.05) is 13.7 Å². The van der Waals surface area contributed by atoms with Crippen LogP contribution >= 0.6 is 0 Å². The van der Waals surface area contributed by atoms with E-state index in [0.29, 0.717) is 13.0 Å². The van der Waals surface area contributed by atoms with Gasteiger partial charge < -0.3 is 14.6 Å². The molecule has 0 saturated carbocycles. The minimum atomic E-state index is -0.558. The van der Waals surface area contributed by atoms with Crippen LogP contribution in [0.15, 0.2) is 6.20 Å². The highest BCUT2D eigenvalue weighted by atomic mass is 16.5. The summed E-state index contributed by atoms with van der Waals surface area (Å²) in [6.45, 7) is 10.1. The van der Waals surface area contributed by atoms with E-state index in [1.54, 1.807) is 13.3 Å². The highest BCUT2D eigenvalue weighted by molar-refractivity contribution is 5.41. The molecule has 0 radical (unpaired) electrons. The molecule has 1 rings (SSSR count). The summed E-state index contributed by atoms with van der Waals surface area (Å²) in [6, 6.07) is 0. The zero-order valence-electron chi connectivity index (χ0n) is 12.8. The molecule has 0 amide bonds. The molecule has 1 atom stereocenters. The van der Waals surface area contributed by atoms with Crippen LogP contribution < -0.4 is 4.74 Å². The summed E-state index contributed by atoms with van der Waals surface area (Å²) in [5.74, 6) is 0.842. The number of hydrogen-bond donors (Lipinski definition) is 1. The van der Waals surface area contributed by atoms with Gasteiger partial charge in [0.25, 0.3) is 0 Å². The van der Waals surface area contributed by atoms with Crippen LogP contribution in [-0.2, 0) is 11.2 Å². The molecule has 1 unspecified atom stereocenters. The van der Waals surface area contributed by atoms with E-state index < -0.39 is 6.10 Å². The summed E-state index contributed by atoms with van der Waals surface area (Å²) in [4.78, 5) is 4.38. The Morgan fingerprint density at radius 2 is 1.95 bits per heavy atom. The van der Waals surface area contributed by atoms with Gasteiger partial charge in [-0.25, -0.2) is 0 Å². The third kappa shape index (κ3) is 4.80. The van der Waals surface area contributed by atoms with E-state index in [0.717, 1.165) is 22.6 Å². The van der Waals surface area contributed by atoms with Crippen molar-refractivity contribution in [1.82, 2.24) is 4.98 Å². The molecule has 19 heavy (non-hydrogen) atoms. The van der Waals surface area contributed by atoms with E-state index in [4.69, 9.17) is 9.47 Å². The lowest BCUT2D eigenvalue weighted by atomic mass is 10.1. The van der Waals surface area contributed by atoms with Crippen molar-refractivity contribution in [3.8, 4) is 5.75 Å². The third-order valence-corrected chi connectivity index (χ3v) is 2.89. The number of methoxy groups -OCH3 is 1. The van der Waals surface area contributed by atoms with Gasteiger partial charge >= 0.3 is 0 Å². The van der Waals surface area contributed by atoms with Gasteiger partial charge in [0, 0.05) is 29.4 Å². The van der Waals surface area contributed by atoms with Crippen molar-refractivity contribution in [3.05, 3.63) is 23.0 Å². The maximum absolute atomic E-state index is 10.0. The third-order valence-electron chi connectivity index (χ3n) is 2.89. The smallest absolute Gasteiger partial charge is 0.128 e. The molecule has 0 aliphatic carbocycles. The second kappa shape index (κ2) is 6.35. The van der Waals surface area contributed by atoms with E-state index >= 15 is 0 Å². The van der Waals surface area contributed by atoms with Gasteiger partial charge in [0.1, 0.15) is 5.75 Å². The van der Waals surface area contributed by atoms with Crippen molar-refractivity contribution < 1.29 is 14.6 Å². The number of rotatable bonds is 5. The summed E-state index contributed by atoms with van der Waals surface area (Å²) in [5.41, 5.74) is 2.60. The van der Waals surface area contributed by atoms with Crippen molar-refractivity contribution in [2.45, 2.75) is 52.7 Å². The predicted octanol–water partition coefficient (Wildman–Crippen LogP) is 2.43. The molecule has 0 aliphatic heterocycles. The Kier molecular flexibility index (Phi) is 5.32. The number of pyridine rings is 1. The van der Waals surface area contributed by atoms with Crippen LogP contribution in [-0.4, -0.2) is 35.5 Å². The highest BCUT2D eigenvalue weighted by Gasteiger charge is 2.17. The Morgan fingerprint density at radius 3 is 2.47 bits per heavy atom. The fourth-order valence-corrected chi connectivity index (χ4v) is 1.91. The van der Waals surface area contributed by atoms with Crippen molar-refractivity contribution in [2.24, 2.45) is 0 Å². The fraction of sp³-hybridized carbons (Fsp3) is 0.667. The van der Waals surface area contributed by atoms with Gasteiger partial charge in [-0.05, 0) is 34.6 Å². The van der Waals surface area contributed by atoms with E-state index in [-0.39, 0.29) is 5.60 Å². The SMILES string of the molecule is COc1c(C)cnc(CC(O)COC(C)(C)C)c1C. The molecular weight excluding hydrogens is 242 g/mol. The van der Waals surface area contributed by atoms with Crippen LogP contribution in [0.25, 0.3) is 0 Å². The molecule has 0 saturated heterocycles. The van der Waals surface area contributed by atoms with Crippen molar-refractivity contribution in [3.63, 3.8) is 0 Å². The number of nitrogens with zero attached hydrogens (tertiary/aromatic N) is 1. The van der Waals surface area contributed by atoms with Gasteiger partial charge in [-0.15, -0.1) is 0 Å². The maximum Gasteiger partial charge on any atom is 0.128 e. The van der Waals surface area contributed by atoms with Crippen LogP contribution in [0, 0.1) is 13.8 Å². The van der Waals surface area contributed by atoms with Crippen LogP contribution in [0.4, 0.5) is 0 Å². The first-order valence-electron chi connectivity index (χ1n) is 6.55. The summed E-state index contributed by atoms with van der Waals surface area (Å²) < 4.78 is 10.9. The van der Waals surface area contributed by atoms with Crippen LogP contribution in [0.5, 0.6) is 5.75 Å². The van der Waals surface area contributed by atoms with Gasteiger partial charge in [0.15, 0.2) is 0 Å². The molecule has 0 aromatic carbocycles. The molecule has 1 N–H and O–H groups in total. The molecule has 0 spiro atoms. The molecule has 1 heterocycles. The van der Waals surface area contributed by atoms with Gasteiger partial charge in [0.05, 0.1) is 25.4 Å². The number of aliphatic hydroxyl groups excluding tert-OH is 1. The van der Waals surface area contributed by atoms with E-state index in [2.05, 4.69) is 4.98 Å². The monoisotopic (exact) mass is 267 g/mol. The second-order valence-corrected chi connectivity index (χ2v) is 5.83. The molecule has 0 aliphatic rings. The largest absolute Gasteiger partial charge is 0.496 e. The first-order valence-corrected chi connectivity index (χ1v) is 6.55. The van der Waals surface area contributed by atoms with Crippen molar-refractivity contribution in [1.29, 1.82) is 0 Å². The molecule has 108 valence electrons. The average molecular weight is 267 g/mol. The summed E-state index contributed by atoms with van der Waals surface area (Å²) in [7, 11) is 1.65. The zero-order valence-corrected chi connectivity index (χ0v) is 12.8. The topological polar surface area (TPSA) is 51.6 Å². The van der Waals surface area contributed by atoms with Gasteiger partial charge in [-0.3, -0.25) is 4.98 Å². The number of aryl methyl sites for hydroxylation is 1. The zero-order chi connectivity index (χ0) is 14.6. The Labute approximate surface area is 115 Å².